The van der Waals surface area contributed by atoms with Crippen LogP contribution in [0.5, 0.6) is 0 Å². The Labute approximate surface area is 126 Å². The van der Waals surface area contributed by atoms with Gasteiger partial charge in [-0.05, 0) is 17.5 Å². The maximum absolute atomic E-state index is 13.2. The van der Waals surface area contributed by atoms with Crippen LogP contribution >= 0.6 is 23.1 Å². The molecule has 4 nitrogen and oxygen atoms in total. The molecule has 21 heavy (non-hydrogen) atoms. The molecule has 0 bridgehead atoms. The molecular weight excluding hydrogens is 320 g/mol. The van der Waals surface area contributed by atoms with Gasteiger partial charge in [0, 0.05) is 6.07 Å². The Morgan fingerprint density at radius 3 is 2.62 bits per heavy atom. The van der Waals surface area contributed by atoms with Gasteiger partial charge in [-0.1, -0.05) is 6.07 Å². The number of carbonyl (C=O) groups excluding carboxylic acids is 1. The van der Waals surface area contributed by atoms with Crippen molar-refractivity contribution in [3.8, 4) is 0 Å². The Kier molecular flexibility index (Phi) is 4.92. The van der Waals surface area contributed by atoms with Gasteiger partial charge in [-0.15, -0.1) is 23.1 Å². The first-order valence-corrected chi connectivity index (χ1v) is 7.52. The first kappa shape index (κ1) is 15.5. The van der Waals surface area contributed by atoms with Gasteiger partial charge in [0.1, 0.15) is 0 Å². The van der Waals surface area contributed by atoms with Crippen molar-refractivity contribution in [1.29, 1.82) is 0 Å². The molecule has 0 fully saturated rings. The number of carbonyl (C=O) groups is 2. The summed E-state index contributed by atoms with van der Waals surface area (Å²) < 4.78 is 27.1. The maximum Gasteiger partial charge on any atom is 0.337 e. The molecule has 1 heterocycles. The summed E-state index contributed by atoms with van der Waals surface area (Å²) in [7, 11) is 0. The van der Waals surface area contributed by atoms with Gasteiger partial charge in [-0.25, -0.2) is 13.6 Å². The minimum absolute atomic E-state index is 0.0402. The summed E-state index contributed by atoms with van der Waals surface area (Å²) in [5, 5.41) is 13.1. The zero-order valence-electron chi connectivity index (χ0n) is 10.4. The van der Waals surface area contributed by atoms with Gasteiger partial charge in [-0.2, -0.15) is 0 Å². The summed E-state index contributed by atoms with van der Waals surface area (Å²) in [5.41, 5.74) is -0.762. The smallest absolute Gasteiger partial charge is 0.337 e. The van der Waals surface area contributed by atoms with E-state index in [1.807, 2.05) is 17.5 Å². The number of carboxylic acid groups (broad SMARTS) is 1. The maximum atomic E-state index is 13.2. The van der Waals surface area contributed by atoms with Crippen LogP contribution in [-0.2, 0) is 4.79 Å². The van der Waals surface area contributed by atoms with E-state index in [-0.39, 0.29) is 11.4 Å². The van der Waals surface area contributed by atoms with Crippen molar-refractivity contribution in [3.63, 3.8) is 0 Å². The van der Waals surface area contributed by atoms with Crippen LogP contribution in [0.2, 0.25) is 0 Å². The van der Waals surface area contributed by atoms with Crippen molar-refractivity contribution in [2.24, 2.45) is 0 Å². The highest BCUT2D eigenvalue weighted by atomic mass is 32.2. The molecule has 8 heteroatoms. The molecule has 110 valence electrons. The summed E-state index contributed by atoms with van der Waals surface area (Å²) in [6.45, 7) is 0. The number of thioether (sulfide) groups is 1. The van der Waals surface area contributed by atoms with Crippen LogP contribution in [-0.4, -0.2) is 22.7 Å². The van der Waals surface area contributed by atoms with Gasteiger partial charge < -0.3 is 10.4 Å². The van der Waals surface area contributed by atoms with Gasteiger partial charge in [0.2, 0.25) is 5.91 Å². The summed E-state index contributed by atoms with van der Waals surface area (Å²) in [4.78, 5) is 22.7. The predicted octanol–water partition coefficient (Wildman–Crippen LogP) is 3.46. The Morgan fingerprint density at radius 2 is 2.00 bits per heavy atom. The molecule has 0 aliphatic heterocycles. The summed E-state index contributed by atoms with van der Waals surface area (Å²) in [6.07, 6.45) is 0. The second kappa shape index (κ2) is 6.68. The van der Waals surface area contributed by atoms with Crippen LogP contribution in [0.4, 0.5) is 14.5 Å². The molecular formula is C13H9F2NO3S2. The minimum atomic E-state index is -1.45. The van der Waals surface area contributed by atoms with Crippen molar-refractivity contribution in [2.45, 2.75) is 4.21 Å². The van der Waals surface area contributed by atoms with E-state index in [0.29, 0.717) is 12.1 Å². The normalized spacial score (nSPS) is 10.4. The van der Waals surface area contributed by atoms with E-state index in [1.54, 1.807) is 0 Å². The number of carboxylic acids is 1. The molecule has 0 saturated carbocycles. The molecule has 0 aliphatic carbocycles. The standard InChI is InChI=1S/C13H9F2NO3S2/c14-8-4-7(13(18)19)10(5-9(8)15)16-11(17)6-21-12-2-1-3-20-12/h1-5H,6H2,(H,16,17)(H,18,19). The van der Waals surface area contributed by atoms with Crippen molar-refractivity contribution < 1.29 is 23.5 Å². The molecule has 0 radical (unpaired) electrons. The number of halogens is 2. The highest BCUT2D eigenvalue weighted by Gasteiger charge is 2.17. The van der Waals surface area contributed by atoms with Crippen LogP contribution in [0.25, 0.3) is 0 Å². The number of nitrogens with one attached hydrogen (secondary N) is 1. The van der Waals surface area contributed by atoms with E-state index >= 15 is 0 Å². The van der Waals surface area contributed by atoms with E-state index in [1.165, 1.54) is 23.1 Å². The molecule has 2 N–H and O–H groups in total. The number of hydrogen-bond acceptors (Lipinski definition) is 4. The van der Waals surface area contributed by atoms with E-state index in [2.05, 4.69) is 5.32 Å². The van der Waals surface area contributed by atoms with Crippen LogP contribution in [0.3, 0.4) is 0 Å². The number of hydrogen-bond donors (Lipinski definition) is 2. The third-order valence-corrected chi connectivity index (χ3v) is 4.54. The lowest BCUT2D eigenvalue weighted by atomic mass is 10.1. The van der Waals surface area contributed by atoms with E-state index in [4.69, 9.17) is 5.11 Å². The van der Waals surface area contributed by atoms with Crippen LogP contribution in [0, 0.1) is 11.6 Å². The summed E-state index contributed by atoms with van der Waals surface area (Å²) in [6, 6.07) is 4.87. The fourth-order valence-electron chi connectivity index (χ4n) is 1.50. The first-order valence-electron chi connectivity index (χ1n) is 5.66. The average Bonchev–Trinajstić information content (AvgIpc) is 2.93. The number of aromatic carboxylic acids is 1. The summed E-state index contributed by atoms with van der Waals surface area (Å²) >= 11 is 2.73. The quantitative estimate of drug-likeness (QED) is 0.825. The number of benzene rings is 1. The highest BCUT2D eigenvalue weighted by molar-refractivity contribution is 8.01. The Morgan fingerprint density at radius 1 is 1.29 bits per heavy atom. The molecule has 0 spiro atoms. The molecule has 1 amide bonds. The molecule has 0 unspecified atom stereocenters. The molecule has 0 saturated heterocycles. The zero-order chi connectivity index (χ0) is 15.4. The number of thiophene rings is 1. The van der Waals surface area contributed by atoms with E-state index < -0.39 is 29.1 Å². The molecule has 1 aromatic carbocycles. The lowest BCUT2D eigenvalue weighted by Gasteiger charge is -2.08. The van der Waals surface area contributed by atoms with Crippen molar-refractivity contribution in [2.75, 3.05) is 11.1 Å². The summed E-state index contributed by atoms with van der Waals surface area (Å²) in [5.74, 6) is -4.41. The first-order chi connectivity index (χ1) is 9.97. The monoisotopic (exact) mass is 329 g/mol. The van der Waals surface area contributed by atoms with Crippen molar-refractivity contribution in [1.82, 2.24) is 0 Å². The second-order valence-electron chi connectivity index (χ2n) is 3.89. The number of amides is 1. The molecule has 2 rings (SSSR count). The van der Waals surface area contributed by atoms with Crippen LogP contribution in [0.1, 0.15) is 10.4 Å². The van der Waals surface area contributed by atoms with Gasteiger partial charge in [0.25, 0.3) is 0 Å². The fourth-order valence-corrected chi connectivity index (χ4v) is 3.08. The van der Waals surface area contributed by atoms with Gasteiger partial charge in [0.15, 0.2) is 11.6 Å². The lowest BCUT2D eigenvalue weighted by Crippen LogP contribution is -2.17. The lowest BCUT2D eigenvalue weighted by molar-refractivity contribution is -0.113. The predicted molar refractivity (Wildman–Crippen MR) is 77.0 cm³/mol. The molecule has 2 aromatic rings. The zero-order valence-corrected chi connectivity index (χ0v) is 12.1. The Balaban J connectivity index is 2.09. The van der Waals surface area contributed by atoms with E-state index in [9.17, 15) is 18.4 Å². The van der Waals surface area contributed by atoms with Gasteiger partial charge in [-0.3, -0.25) is 4.79 Å². The van der Waals surface area contributed by atoms with Crippen molar-refractivity contribution >= 4 is 40.7 Å². The highest BCUT2D eigenvalue weighted by Crippen LogP contribution is 2.24. The van der Waals surface area contributed by atoms with Gasteiger partial charge in [0.05, 0.1) is 21.2 Å². The van der Waals surface area contributed by atoms with Crippen LogP contribution < -0.4 is 5.32 Å². The fraction of sp³-hybridized carbons (Fsp3) is 0.0769. The van der Waals surface area contributed by atoms with Crippen LogP contribution in [0.15, 0.2) is 33.9 Å². The Hall–Kier alpha value is -1.93. The third-order valence-electron chi connectivity index (χ3n) is 2.41. The topological polar surface area (TPSA) is 66.4 Å². The molecule has 1 aromatic heterocycles. The number of rotatable bonds is 5. The molecule has 0 aliphatic rings. The largest absolute Gasteiger partial charge is 0.478 e. The number of anilines is 1. The van der Waals surface area contributed by atoms with E-state index in [0.717, 1.165) is 4.21 Å². The van der Waals surface area contributed by atoms with Crippen molar-refractivity contribution in [3.05, 3.63) is 46.8 Å². The average molecular weight is 329 g/mol. The molecule has 0 atom stereocenters. The third kappa shape index (κ3) is 4.02. The Bertz CT molecular complexity index is 674. The van der Waals surface area contributed by atoms with Gasteiger partial charge >= 0.3 is 5.97 Å². The SMILES string of the molecule is O=C(CSc1cccs1)Nc1cc(F)c(F)cc1C(=O)O. The minimum Gasteiger partial charge on any atom is -0.478 e. The second-order valence-corrected chi connectivity index (χ2v) is 6.11.